The summed E-state index contributed by atoms with van der Waals surface area (Å²) in [6.45, 7) is 0. The maximum atomic E-state index is 12.1. The number of ketones is 1. The molecule has 0 saturated heterocycles. The van der Waals surface area contributed by atoms with Crippen molar-refractivity contribution in [1.29, 1.82) is 0 Å². The Morgan fingerprint density at radius 2 is 2.25 bits per heavy atom. The van der Waals surface area contributed by atoms with Crippen molar-refractivity contribution in [2.75, 3.05) is 7.11 Å². The quantitative estimate of drug-likeness (QED) is 0.798. The number of methoxy groups -OCH3 is 1. The van der Waals surface area contributed by atoms with Gasteiger partial charge in [-0.05, 0) is 5.56 Å². The summed E-state index contributed by atoms with van der Waals surface area (Å²) in [4.78, 5) is 18.7. The molecular formula is C12H11F2N3O3. The molecule has 0 unspecified atom stereocenters. The second-order valence-electron chi connectivity index (χ2n) is 3.93. The third kappa shape index (κ3) is 3.56. The van der Waals surface area contributed by atoms with Crippen LogP contribution < -0.4 is 4.74 Å². The van der Waals surface area contributed by atoms with Crippen molar-refractivity contribution in [1.82, 2.24) is 15.1 Å². The number of hydrogen-bond acceptors (Lipinski definition) is 6. The number of halogens is 2. The van der Waals surface area contributed by atoms with Crippen LogP contribution in [0.4, 0.5) is 8.78 Å². The van der Waals surface area contributed by atoms with Crippen LogP contribution >= 0.6 is 0 Å². The summed E-state index contributed by atoms with van der Waals surface area (Å²) in [7, 11) is 1.51. The highest BCUT2D eigenvalue weighted by molar-refractivity contribution is 5.82. The summed E-state index contributed by atoms with van der Waals surface area (Å²) in [5.41, 5.74) is 0.804. The molecule has 0 bridgehead atoms. The first kappa shape index (κ1) is 14.0. The predicted molar refractivity (Wildman–Crippen MR) is 62.6 cm³/mol. The summed E-state index contributed by atoms with van der Waals surface area (Å²) in [5, 5.41) is 3.62. The van der Waals surface area contributed by atoms with E-state index in [4.69, 9.17) is 9.26 Å². The molecule has 2 aromatic heterocycles. The molecule has 0 aromatic carbocycles. The van der Waals surface area contributed by atoms with Gasteiger partial charge in [0, 0.05) is 18.7 Å². The van der Waals surface area contributed by atoms with Crippen molar-refractivity contribution in [3.63, 3.8) is 0 Å². The van der Waals surface area contributed by atoms with Crippen LogP contribution in [-0.4, -0.2) is 34.4 Å². The Bertz CT molecular complexity index is 584. The lowest BCUT2D eigenvalue weighted by Crippen LogP contribution is -2.13. The fourth-order valence-electron chi connectivity index (χ4n) is 1.48. The van der Waals surface area contributed by atoms with Gasteiger partial charge in [-0.3, -0.25) is 4.79 Å². The van der Waals surface area contributed by atoms with Crippen molar-refractivity contribution in [2.45, 2.75) is 19.3 Å². The molecule has 0 aliphatic heterocycles. The van der Waals surface area contributed by atoms with Gasteiger partial charge in [0.25, 0.3) is 6.43 Å². The van der Waals surface area contributed by atoms with Gasteiger partial charge in [0.15, 0.2) is 5.82 Å². The maximum Gasteiger partial charge on any atom is 0.296 e. The van der Waals surface area contributed by atoms with Crippen LogP contribution in [0.3, 0.4) is 0 Å². The van der Waals surface area contributed by atoms with E-state index < -0.39 is 18.6 Å². The monoisotopic (exact) mass is 283 g/mol. The smallest absolute Gasteiger partial charge is 0.296 e. The molecule has 0 amide bonds. The van der Waals surface area contributed by atoms with Crippen LogP contribution in [-0.2, 0) is 17.6 Å². The fourth-order valence-corrected chi connectivity index (χ4v) is 1.48. The van der Waals surface area contributed by atoms with Crippen molar-refractivity contribution in [3.8, 4) is 5.88 Å². The molecule has 6 nitrogen and oxygen atoms in total. The molecule has 0 aliphatic rings. The van der Waals surface area contributed by atoms with Crippen molar-refractivity contribution in [3.05, 3.63) is 35.6 Å². The van der Waals surface area contributed by atoms with Crippen LogP contribution in [0.25, 0.3) is 0 Å². The predicted octanol–water partition coefficient (Wildman–Crippen LogP) is 1.44. The second-order valence-corrected chi connectivity index (χ2v) is 3.93. The van der Waals surface area contributed by atoms with Gasteiger partial charge in [-0.15, -0.1) is 0 Å². The molecule has 0 N–H and O–H groups in total. The lowest BCUT2D eigenvalue weighted by atomic mass is 10.2. The Balaban J connectivity index is 1.99. The number of alkyl halides is 2. The van der Waals surface area contributed by atoms with Gasteiger partial charge >= 0.3 is 0 Å². The molecule has 0 radical (unpaired) electrons. The number of rotatable bonds is 6. The van der Waals surface area contributed by atoms with E-state index in [9.17, 15) is 13.6 Å². The van der Waals surface area contributed by atoms with Crippen molar-refractivity contribution in [2.24, 2.45) is 0 Å². The first-order valence-corrected chi connectivity index (χ1v) is 5.69. The Hall–Kier alpha value is -2.38. The Morgan fingerprint density at radius 1 is 1.45 bits per heavy atom. The molecule has 0 saturated carbocycles. The lowest BCUT2D eigenvalue weighted by molar-refractivity contribution is -0.129. The number of carbonyl (C=O) groups is 1. The molecular weight excluding hydrogens is 272 g/mol. The number of Topliss-reactive ketones (excluding diaryl/α,β-unsaturated/α-hetero) is 1. The van der Waals surface area contributed by atoms with E-state index in [-0.39, 0.29) is 5.89 Å². The summed E-state index contributed by atoms with van der Waals surface area (Å²) in [6.07, 6.45) is -1.69. The van der Waals surface area contributed by atoms with E-state index in [1.54, 1.807) is 18.3 Å². The Morgan fingerprint density at radius 3 is 2.85 bits per heavy atom. The third-order valence-electron chi connectivity index (χ3n) is 2.45. The Kier molecular flexibility index (Phi) is 4.34. The number of nitrogens with zero attached hydrogens (tertiary/aromatic N) is 3. The summed E-state index contributed by atoms with van der Waals surface area (Å²) >= 11 is 0. The molecule has 2 rings (SSSR count). The first-order chi connectivity index (χ1) is 9.58. The molecule has 0 spiro atoms. The summed E-state index contributed by atoms with van der Waals surface area (Å²) < 4.78 is 33.8. The average Bonchev–Trinajstić information content (AvgIpc) is 2.86. The maximum absolute atomic E-state index is 12.1. The van der Waals surface area contributed by atoms with Gasteiger partial charge < -0.3 is 9.26 Å². The van der Waals surface area contributed by atoms with Gasteiger partial charge in [0.2, 0.25) is 17.6 Å². The van der Waals surface area contributed by atoms with Crippen LogP contribution in [0.2, 0.25) is 0 Å². The largest absolute Gasteiger partial charge is 0.481 e. The molecule has 2 aromatic rings. The Labute approximate surface area is 112 Å². The molecule has 20 heavy (non-hydrogen) atoms. The van der Waals surface area contributed by atoms with Crippen LogP contribution in [0.5, 0.6) is 5.88 Å². The van der Waals surface area contributed by atoms with Gasteiger partial charge in [-0.2, -0.15) is 4.98 Å². The zero-order valence-electron chi connectivity index (χ0n) is 10.5. The van der Waals surface area contributed by atoms with Gasteiger partial charge in [0.05, 0.1) is 13.5 Å². The molecule has 8 heteroatoms. The molecule has 0 fully saturated rings. The second kappa shape index (κ2) is 6.18. The fraction of sp³-hybridized carbons (Fsp3) is 0.333. The van der Waals surface area contributed by atoms with Gasteiger partial charge in [-0.1, -0.05) is 11.2 Å². The van der Waals surface area contributed by atoms with Crippen LogP contribution in [0.15, 0.2) is 22.9 Å². The minimum absolute atomic E-state index is 0.119. The number of hydrogen-bond donors (Lipinski definition) is 0. The third-order valence-corrected chi connectivity index (χ3v) is 2.45. The van der Waals surface area contributed by atoms with E-state index in [1.165, 1.54) is 7.11 Å². The van der Waals surface area contributed by atoms with Crippen LogP contribution in [0, 0.1) is 0 Å². The van der Waals surface area contributed by atoms with E-state index >= 15 is 0 Å². The first-order valence-electron chi connectivity index (χ1n) is 5.69. The van der Waals surface area contributed by atoms with Crippen molar-refractivity contribution >= 4 is 5.78 Å². The zero-order chi connectivity index (χ0) is 14.5. The summed E-state index contributed by atoms with van der Waals surface area (Å²) in [6, 6.07) is 3.45. The zero-order valence-corrected chi connectivity index (χ0v) is 10.5. The molecule has 2 heterocycles. The van der Waals surface area contributed by atoms with E-state index in [0.29, 0.717) is 18.1 Å². The highest BCUT2D eigenvalue weighted by Crippen LogP contribution is 2.11. The van der Waals surface area contributed by atoms with Crippen LogP contribution in [0.1, 0.15) is 17.3 Å². The van der Waals surface area contributed by atoms with Gasteiger partial charge in [-0.25, -0.2) is 13.8 Å². The standard InChI is InChI=1S/C12H11F2N3O3/c1-19-10-3-2-7(6-15-10)4-9-16-11(20-17-9)5-8(18)12(13)14/h2-3,6,12H,4-5H2,1H3. The summed E-state index contributed by atoms with van der Waals surface area (Å²) in [5.74, 6) is -0.586. The van der Waals surface area contributed by atoms with E-state index in [2.05, 4.69) is 15.1 Å². The lowest BCUT2D eigenvalue weighted by Gasteiger charge is -1.99. The number of carbonyl (C=O) groups excluding carboxylic acids is 1. The molecule has 0 aliphatic carbocycles. The molecule has 106 valence electrons. The topological polar surface area (TPSA) is 78.1 Å². The number of ether oxygens (including phenoxy) is 1. The average molecular weight is 283 g/mol. The minimum atomic E-state index is -3.03. The van der Waals surface area contributed by atoms with E-state index in [0.717, 1.165) is 5.56 Å². The minimum Gasteiger partial charge on any atom is -0.481 e. The number of aromatic nitrogens is 3. The van der Waals surface area contributed by atoms with Gasteiger partial charge in [0.1, 0.15) is 0 Å². The van der Waals surface area contributed by atoms with Crippen molar-refractivity contribution < 1.29 is 22.8 Å². The normalized spacial score (nSPS) is 10.8. The SMILES string of the molecule is COc1ccc(Cc2noc(CC(=O)C(F)F)n2)cn1. The molecule has 0 atom stereocenters. The number of pyridine rings is 1. The highest BCUT2D eigenvalue weighted by Gasteiger charge is 2.19. The van der Waals surface area contributed by atoms with E-state index in [1.807, 2.05) is 0 Å². The highest BCUT2D eigenvalue weighted by atomic mass is 19.3.